The second-order valence-electron chi connectivity index (χ2n) is 13.1. The Morgan fingerprint density at radius 3 is 2.27 bits per heavy atom. The average molecular weight is 857 g/mol. The van der Waals surface area contributed by atoms with E-state index in [2.05, 4.69) is 136 Å². The van der Waals surface area contributed by atoms with Crippen LogP contribution in [-0.2, 0) is 20.1 Å². The number of aromatic nitrogens is 2. The van der Waals surface area contributed by atoms with Crippen LogP contribution in [0.15, 0.2) is 126 Å². The molecule has 5 aromatic carbocycles. The molecule has 9 aromatic rings. The molecule has 0 N–H and O–H groups in total. The van der Waals surface area contributed by atoms with Crippen molar-refractivity contribution in [1.29, 1.82) is 0 Å². The number of furan rings is 1. The van der Waals surface area contributed by atoms with E-state index in [1.165, 1.54) is 48.0 Å². The summed E-state index contributed by atoms with van der Waals surface area (Å²) in [5.41, 5.74) is 13.2. The number of rotatable bonds is 4. The fourth-order valence-corrected chi connectivity index (χ4v) is 8.13. The average Bonchev–Trinajstić information content (AvgIpc) is 3.72. The second kappa shape index (κ2) is 14.4. The Bertz CT molecular complexity index is 2660. The van der Waals surface area contributed by atoms with Crippen molar-refractivity contribution in [3.05, 3.63) is 167 Å². The van der Waals surface area contributed by atoms with Gasteiger partial charge in [0.1, 0.15) is 5.58 Å². The molecule has 4 heterocycles. The first-order valence-electron chi connectivity index (χ1n) is 17.0. The van der Waals surface area contributed by atoms with Crippen molar-refractivity contribution in [3.63, 3.8) is 0 Å². The standard InChI is InChI=1S/C27H22NS.C19H14NO.Ir/c1-17-12-13-22(27-25(17)23-11-7-8-18(2)26(23)29-27)24-16-21(14-15-28-24)19(3)20-9-5-4-6-10-20;1-12-6-8-14-15-4-3-5-16(19(15)21-18(14)10-12)17-9-7-13(2)11-20-17;/h4-12,14-16,19H,1-3H3;3-4,6-11H,1-2H3;/q2*-1;. The van der Waals surface area contributed by atoms with E-state index in [1.807, 2.05) is 48.9 Å². The topological polar surface area (TPSA) is 38.9 Å². The molecule has 0 aliphatic rings. The van der Waals surface area contributed by atoms with Gasteiger partial charge in [-0.3, -0.25) is 0 Å². The Morgan fingerprint density at radius 2 is 1.47 bits per heavy atom. The van der Waals surface area contributed by atoms with Crippen LogP contribution in [0.4, 0.5) is 0 Å². The van der Waals surface area contributed by atoms with E-state index in [9.17, 15) is 0 Å². The molecule has 0 fully saturated rings. The van der Waals surface area contributed by atoms with Gasteiger partial charge < -0.3 is 14.4 Å². The molecule has 4 aromatic heterocycles. The second-order valence-corrected chi connectivity index (χ2v) is 14.1. The van der Waals surface area contributed by atoms with Crippen LogP contribution in [0.3, 0.4) is 0 Å². The number of nitrogens with zero attached hydrogens (tertiary/aromatic N) is 2. The number of benzene rings is 5. The Hall–Kier alpha value is -4.93. The van der Waals surface area contributed by atoms with Gasteiger partial charge in [0.15, 0.2) is 0 Å². The number of hydrogen-bond donors (Lipinski definition) is 0. The summed E-state index contributed by atoms with van der Waals surface area (Å²) < 4.78 is 8.72. The largest absolute Gasteiger partial charge is 0.501 e. The van der Waals surface area contributed by atoms with Crippen molar-refractivity contribution in [1.82, 2.24) is 9.97 Å². The maximum absolute atomic E-state index is 6.08. The van der Waals surface area contributed by atoms with Crippen molar-refractivity contribution in [2.24, 2.45) is 0 Å². The first-order valence-corrected chi connectivity index (χ1v) is 17.8. The van der Waals surface area contributed by atoms with Crippen LogP contribution in [0, 0.1) is 39.8 Å². The van der Waals surface area contributed by atoms with Crippen molar-refractivity contribution in [2.45, 2.75) is 40.5 Å². The minimum absolute atomic E-state index is 0. The van der Waals surface area contributed by atoms with Gasteiger partial charge in [0.05, 0.1) is 5.58 Å². The van der Waals surface area contributed by atoms with Gasteiger partial charge in [0, 0.05) is 48.5 Å². The Balaban J connectivity index is 0.000000164. The Labute approximate surface area is 316 Å². The van der Waals surface area contributed by atoms with Crippen LogP contribution >= 0.6 is 11.3 Å². The minimum Gasteiger partial charge on any atom is -0.501 e. The molecule has 9 rings (SSSR count). The molecule has 5 heteroatoms. The molecule has 0 saturated heterocycles. The zero-order valence-corrected chi connectivity index (χ0v) is 32.4. The van der Waals surface area contributed by atoms with Crippen molar-refractivity contribution >= 4 is 53.4 Å². The molecular formula is C46H36IrN2OS-2. The first kappa shape index (κ1) is 34.5. The minimum atomic E-state index is 0. The third-order valence-electron chi connectivity index (χ3n) is 9.56. The summed E-state index contributed by atoms with van der Waals surface area (Å²) in [4.78, 5) is 9.23. The van der Waals surface area contributed by atoms with Crippen LogP contribution in [0.1, 0.15) is 46.2 Å². The van der Waals surface area contributed by atoms with Gasteiger partial charge in [-0.15, -0.1) is 41.5 Å². The van der Waals surface area contributed by atoms with Crippen LogP contribution in [0.25, 0.3) is 64.6 Å². The molecule has 0 saturated carbocycles. The monoisotopic (exact) mass is 857 g/mol. The summed E-state index contributed by atoms with van der Waals surface area (Å²) in [5.74, 6) is 0.323. The van der Waals surface area contributed by atoms with Crippen LogP contribution in [0.2, 0.25) is 0 Å². The maximum Gasteiger partial charge on any atom is 0.121 e. The van der Waals surface area contributed by atoms with Gasteiger partial charge in [0.25, 0.3) is 0 Å². The molecule has 253 valence electrons. The van der Waals surface area contributed by atoms with E-state index >= 15 is 0 Å². The van der Waals surface area contributed by atoms with E-state index in [-0.39, 0.29) is 20.1 Å². The van der Waals surface area contributed by atoms with Gasteiger partial charge in [-0.25, -0.2) is 0 Å². The summed E-state index contributed by atoms with van der Waals surface area (Å²) >= 11 is 1.86. The van der Waals surface area contributed by atoms with Crippen molar-refractivity contribution < 1.29 is 24.5 Å². The quantitative estimate of drug-likeness (QED) is 0.166. The first-order chi connectivity index (χ1) is 24.4. The molecule has 0 aliphatic carbocycles. The molecule has 0 amide bonds. The number of pyridine rings is 2. The zero-order chi connectivity index (χ0) is 34.4. The van der Waals surface area contributed by atoms with Crippen LogP contribution in [0.5, 0.6) is 0 Å². The van der Waals surface area contributed by atoms with Crippen molar-refractivity contribution in [2.75, 3.05) is 0 Å². The molecule has 3 nitrogen and oxygen atoms in total. The normalized spacial score (nSPS) is 11.8. The van der Waals surface area contributed by atoms with Gasteiger partial charge in [0.2, 0.25) is 0 Å². The SMILES string of the molecule is Cc1ccc(-c2[c-]ccc3c2oc2cc(C)ccc23)nc1.Cc1cccc2c1sc1c(-c3cc(C(C)c4ccccc4)ccn3)[c-]cc(C)c12.[Ir]. The van der Waals surface area contributed by atoms with E-state index in [4.69, 9.17) is 9.40 Å². The van der Waals surface area contributed by atoms with Gasteiger partial charge in [-0.2, -0.15) is 11.3 Å². The number of fused-ring (bicyclic) bond motifs is 6. The van der Waals surface area contributed by atoms with Crippen molar-refractivity contribution in [3.8, 4) is 22.5 Å². The van der Waals surface area contributed by atoms with E-state index in [0.717, 1.165) is 50.0 Å². The predicted molar refractivity (Wildman–Crippen MR) is 210 cm³/mol. The summed E-state index contributed by atoms with van der Waals surface area (Å²) in [6.45, 7) is 10.7. The predicted octanol–water partition coefficient (Wildman–Crippen LogP) is 12.7. The van der Waals surface area contributed by atoms with Gasteiger partial charge >= 0.3 is 0 Å². The summed E-state index contributed by atoms with van der Waals surface area (Å²) in [5, 5.41) is 4.93. The van der Waals surface area contributed by atoms with Gasteiger partial charge in [-0.1, -0.05) is 109 Å². The molecule has 0 bridgehead atoms. The third kappa shape index (κ3) is 6.54. The fraction of sp³-hybridized carbons (Fsp3) is 0.130. The molecule has 0 spiro atoms. The Kier molecular flexibility index (Phi) is 9.72. The van der Waals surface area contributed by atoms with E-state index in [1.54, 1.807) is 0 Å². The maximum atomic E-state index is 6.08. The summed E-state index contributed by atoms with van der Waals surface area (Å²) in [7, 11) is 0. The number of aryl methyl sites for hydroxylation is 4. The fourth-order valence-electron chi connectivity index (χ4n) is 6.78. The van der Waals surface area contributed by atoms with Crippen LogP contribution < -0.4 is 0 Å². The zero-order valence-electron chi connectivity index (χ0n) is 29.2. The number of thiophene rings is 1. The number of hydrogen-bond acceptors (Lipinski definition) is 4. The smallest absolute Gasteiger partial charge is 0.121 e. The third-order valence-corrected chi connectivity index (χ3v) is 10.9. The summed E-state index contributed by atoms with van der Waals surface area (Å²) in [6.07, 6.45) is 3.80. The Morgan fingerprint density at radius 1 is 0.647 bits per heavy atom. The van der Waals surface area contributed by atoms with Gasteiger partial charge in [-0.05, 0) is 82.2 Å². The summed E-state index contributed by atoms with van der Waals surface area (Å²) in [6, 6.07) is 44.8. The van der Waals surface area contributed by atoms with E-state index < -0.39 is 0 Å². The molecule has 1 atom stereocenters. The molecular weight excluding hydrogens is 821 g/mol. The molecule has 1 radical (unpaired) electrons. The van der Waals surface area contributed by atoms with Crippen LogP contribution in [-0.4, -0.2) is 9.97 Å². The van der Waals surface area contributed by atoms with E-state index in [0.29, 0.717) is 5.92 Å². The molecule has 1 unspecified atom stereocenters. The molecule has 51 heavy (non-hydrogen) atoms. The molecule has 0 aliphatic heterocycles.